The van der Waals surface area contributed by atoms with E-state index in [9.17, 15) is 9.59 Å². The van der Waals surface area contributed by atoms with E-state index in [1.54, 1.807) is 12.4 Å². The maximum atomic E-state index is 11.8. The van der Waals surface area contributed by atoms with E-state index < -0.39 is 11.8 Å². The van der Waals surface area contributed by atoms with E-state index >= 15 is 0 Å². The Balaban J connectivity index is 1.64. The molecule has 0 unspecified atom stereocenters. The molecule has 4 aliphatic rings. The van der Waals surface area contributed by atoms with Crippen molar-refractivity contribution < 1.29 is 9.59 Å². The Morgan fingerprint density at radius 3 is 1.55 bits per heavy atom. The van der Waals surface area contributed by atoms with Crippen LogP contribution in [0.1, 0.15) is 61.3 Å². The number of hydrazone groups is 2. The Kier molecular flexibility index (Phi) is 8.52. The van der Waals surface area contributed by atoms with Gasteiger partial charge < -0.3 is 0 Å². The average Bonchev–Trinajstić information content (AvgIpc) is 2.75. The number of nitrogens with one attached hydrogen (secondary N) is 2. The van der Waals surface area contributed by atoms with E-state index in [0.717, 1.165) is 29.9 Å². The highest BCUT2D eigenvalue weighted by atomic mass is 16.2. The van der Waals surface area contributed by atoms with Crippen LogP contribution in [0.4, 0.5) is 0 Å². The SMILES string of the molecule is CC1CCCc2ccc(cc2)/C=N/NC(=O)CC(=O)N/N=C/c2ccc(cc2)CCC1. The first-order valence-corrected chi connectivity index (χ1v) is 10.9. The summed E-state index contributed by atoms with van der Waals surface area (Å²) in [5.41, 5.74) is 9.14. The molecule has 0 atom stereocenters. The third-order valence-corrected chi connectivity index (χ3v) is 5.41. The largest absolute Gasteiger partial charge is 0.273 e. The van der Waals surface area contributed by atoms with Crippen LogP contribution in [0.15, 0.2) is 58.7 Å². The highest BCUT2D eigenvalue weighted by molar-refractivity contribution is 5.97. The molecule has 4 bridgehead atoms. The van der Waals surface area contributed by atoms with E-state index in [0.29, 0.717) is 0 Å². The minimum Gasteiger partial charge on any atom is -0.273 e. The second kappa shape index (κ2) is 11.8. The van der Waals surface area contributed by atoms with Gasteiger partial charge in [0, 0.05) is 0 Å². The number of carbonyl (C=O) groups excluding carboxylic acids is 2. The molecule has 6 rings (SSSR count). The monoisotopic (exact) mass is 418 g/mol. The van der Waals surface area contributed by atoms with Crippen LogP contribution in [-0.2, 0) is 22.4 Å². The lowest BCUT2D eigenvalue weighted by Crippen LogP contribution is -2.27. The molecule has 0 saturated carbocycles. The van der Waals surface area contributed by atoms with Crippen molar-refractivity contribution in [1.82, 2.24) is 10.9 Å². The fourth-order valence-corrected chi connectivity index (χ4v) is 3.58. The fourth-order valence-electron chi connectivity index (χ4n) is 3.58. The van der Waals surface area contributed by atoms with Crippen molar-refractivity contribution in [2.75, 3.05) is 0 Å². The molecule has 2 aromatic carbocycles. The Bertz CT molecular complexity index is 842. The molecule has 0 aromatic heterocycles. The van der Waals surface area contributed by atoms with Gasteiger partial charge in [0.25, 0.3) is 0 Å². The third-order valence-electron chi connectivity index (χ3n) is 5.41. The van der Waals surface area contributed by atoms with Gasteiger partial charge in [-0.2, -0.15) is 10.2 Å². The summed E-state index contributed by atoms with van der Waals surface area (Å²) in [5, 5.41) is 7.84. The zero-order chi connectivity index (χ0) is 21.9. The fraction of sp³-hybridized carbons (Fsp3) is 0.360. The molecule has 6 heteroatoms. The number of amides is 2. The lowest BCUT2D eigenvalue weighted by molar-refractivity contribution is -0.129. The van der Waals surface area contributed by atoms with Crippen LogP contribution in [0.3, 0.4) is 0 Å². The van der Waals surface area contributed by atoms with E-state index in [1.807, 2.05) is 24.3 Å². The van der Waals surface area contributed by atoms with Crippen LogP contribution in [-0.4, -0.2) is 24.2 Å². The third kappa shape index (κ3) is 8.16. The summed E-state index contributed by atoms with van der Waals surface area (Å²) in [7, 11) is 0. The van der Waals surface area contributed by atoms with E-state index in [2.05, 4.69) is 52.2 Å². The summed E-state index contributed by atoms with van der Waals surface area (Å²) in [4.78, 5) is 23.7. The number of carbonyl (C=O) groups is 2. The maximum absolute atomic E-state index is 11.8. The molecule has 2 aromatic rings. The van der Waals surface area contributed by atoms with Crippen LogP contribution in [0.2, 0.25) is 0 Å². The number of rotatable bonds is 0. The summed E-state index contributed by atoms with van der Waals surface area (Å²) >= 11 is 0. The minimum absolute atomic E-state index is 0.342. The average molecular weight is 419 g/mol. The van der Waals surface area contributed by atoms with Crippen molar-refractivity contribution in [2.24, 2.45) is 16.1 Å². The van der Waals surface area contributed by atoms with Crippen molar-refractivity contribution in [3.05, 3.63) is 70.8 Å². The van der Waals surface area contributed by atoms with Gasteiger partial charge in [-0.15, -0.1) is 0 Å². The van der Waals surface area contributed by atoms with Crippen molar-refractivity contribution in [3.63, 3.8) is 0 Å². The number of nitrogens with zero attached hydrogens (tertiary/aromatic N) is 2. The molecule has 0 fully saturated rings. The quantitative estimate of drug-likeness (QED) is 0.635. The van der Waals surface area contributed by atoms with Gasteiger partial charge in [-0.1, -0.05) is 68.3 Å². The lowest BCUT2D eigenvalue weighted by Gasteiger charge is -2.11. The van der Waals surface area contributed by atoms with Crippen molar-refractivity contribution >= 4 is 24.2 Å². The first kappa shape index (κ1) is 22.4. The molecule has 31 heavy (non-hydrogen) atoms. The smallest absolute Gasteiger partial charge is 0.249 e. The second-order valence-corrected chi connectivity index (χ2v) is 8.14. The molecule has 0 spiro atoms. The molecule has 4 heterocycles. The van der Waals surface area contributed by atoms with Gasteiger partial charge in [-0.05, 0) is 53.9 Å². The molecule has 162 valence electrons. The van der Waals surface area contributed by atoms with Gasteiger partial charge in [-0.3, -0.25) is 9.59 Å². The summed E-state index contributed by atoms with van der Waals surface area (Å²) in [6.07, 6.45) is 9.76. The zero-order valence-electron chi connectivity index (χ0n) is 18.0. The van der Waals surface area contributed by atoms with Crippen molar-refractivity contribution in [3.8, 4) is 0 Å². The Morgan fingerprint density at radius 2 is 1.13 bits per heavy atom. The van der Waals surface area contributed by atoms with Crippen LogP contribution in [0.5, 0.6) is 0 Å². The zero-order valence-corrected chi connectivity index (χ0v) is 18.0. The normalized spacial score (nSPS) is 19.3. The molecule has 4 aliphatic heterocycles. The van der Waals surface area contributed by atoms with Crippen LogP contribution in [0.25, 0.3) is 0 Å². The first-order chi connectivity index (χ1) is 15.1. The van der Waals surface area contributed by atoms with Gasteiger partial charge >= 0.3 is 0 Å². The standard InChI is InChI=1S/C25H30N4O2/c1-19-4-2-6-20-8-12-22(13-9-20)17-26-28-24(30)16-25(31)29-27-18-23-14-10-21(11-15-23)7-3-5-19/h8-15,17-19H,2-7,16H2,1H3,(H,28,30)(H,29,31)/b26-17+,27-18+. The summed E-state index contributed by atoms with van der Waals surface area (Å²) in [6, 6.07) is 16.3. The van der Waals surface area contributed by atoms with Crippen LogP contribution >= 0.6 is 0 Å². The van der Waals surface area contributed by atoms with E-state index in [4.69, 9.17) is 0 Å². The predicted molar refractivity (Wildman–Crippen MR) is 124 cm³/mol. The minimum atomic E-state index is -0.492. The molecular weight excluding hydrogens is 388 g/mol. The summed E-state index contributed by atoms with van der Waals surface area (Å²) in [5.74, 6) is -0.266. The molecule has 0 aliphatic carbocycles. The Hall–Kier alpha value is -3.28. The number of benzene rings is 2. The topological polar surface area (TPSA) is 82.9 Å². The van der Waals surface area contributed by atoms with Gasteiger partial charge in [-0.25, -0.2) is 10.9 Å². The van der Waals surface area contributed by atoms with E-state index in [1.165, 1.54) is 36.8 Å². The lowest BCUT2D eigenvalue weighted by atomic mass is 9.95. The summed E-state index contributed by atoms with van der Waals surface area (Å²) < 4.78 is 0. The second-order valence-electron chi connectivity index (χ2n) is 8.14. The van der Waals surface area contributed by atoms with Gasteiger partial charge in [0.2, 0.25) is 11.8 Å². The van der Waals surface area contributed by atoms with Gasteiger partial charge in [0.15, 0.2) is 0 Å². The highest BCUT2D eigenvalue weighted by Gasteiger charge is 2.07. The number of hydrogen-bond donors (Lipinski definition) is 2. The van der Waals surface area contributed by atoms with E-state index in [-0.39, 0.29) is 6.42 Å². The molecular formula is C25H30N4O2. The Morgan fingerprint density at radius 1 is 0.710 bits per heavy atom. The maximum Gasteiger partial charge on any atom is 0.249 e. The van der Waals surface area contributed by atoms with Gasteiger partial charge in [0.05, 0.1) is 12.4 Å². The molecule has 6 nitrogen and oxygen atoms in total. The van der Waals surface area contributed by atoms with Crippen LogP contribution in [0, 0.1) is 5.92 Å². The van der Waals surface area contributed by atoms with Crippen LogP contribution < -0.4 is 10.9 Å². The molecule has 0 radical (unpaired) electrons. The molecule has 2 amide bonds. The Labute approximate surface area is 183 Å². The number of hydrogen-bond acceptors (Lipinski definition) is 4. The molecule has 0 saturated heterocycles. The van der Waals surface area contributed by atoms with Crippen molar-refractivity contribution in [2.45, 2.75) is 51.9 Å². The first-order valence-electron chi connectivity index (χ1n) is 10.9. The predicted octanol–water partition coefficient (Wildman–Crippen LogP) is 3.97. The highest BCUT2D eigenvalue weighted by Crippen LogP contribution is 2.17. The molecule has 2 N–H and O–H groups in total. The van der Waals surface area contributed by atoms with Crippen molar-refractivity contribution in [1.29, 1.82) is 0 Å². The number of aryl methyl sites for hydroxylation is 2. The summed E-state index contributed by atoms with van der Waals surface area (Å²) in [6.45, 7) is 2.34. The van der Waals surface area contributed by atoms with Gasteiger partial charge in [0.1, 0.15) is 6.42 Å².